The van der Waals surface area contributed by atoms with E-state index < -0.39 is 12.1 Å². The van der Waals surface area contributed by atoms with Gasteiger partial charge in [0, 0.05) is 13.0 Å². The summed E-state index contributed by atoms with van der Waals surface area (Å²) in [5.41, 5.74) is 3.98. The molecule has 6 heteroatoms. The maximum absolute atomic E-state index is 13.1. The summed E-state index contributed by atoms with van der Waals surface area (Å²) in [6.45, 7) is 1.07. The van der Waals surface area contributed by atoms with Crippen molar-refractivity contribution in [2.75, 3.05) is 6.54 Å². The van der Waals surface area contributed by atoms with Gasteiger partial charge in [-0.3, -0.25) is 4.79 Å². The van der Waals surface area contributed by atoms with Crippen LogP contribution in [0.1, 0.15) is 22.3 Å². The number of ether oxygens (including phenoxy) is 2. The molecule has 2 amide bonds. The number of hydrogen-bond acceptors (Lipinski definition) is 4. The molecule has 4 aromatic carbocycles. The first-order valence-corrected chi connectivity index (χ1v) is 12.7. The van der Waals surface area contributed by atoms with Crippen molar-refractivity contribution in [3.05, 3.63) is 138 Å². The molecule has 0 heterocycles. The molecule has 4 aromatic rings. The molecule has 0 aliphatic carbocycles. The molecule has 1 atom stereocenters. The van der Waals surface area contributed by atoms with Gasteiger partial charge in [0.2, 0.25) is 5.91 Å². The van der Waals surface area contributed by atoms with E-state index in [1.807, 2.05) is 115 Å². The normalized spacial score (nSPS) is 11.3. The van der Waals surface area contributed by atoms with E-state index in [2.05, 4.69) is 10.6 Å². The number of amides is 2. The lowest BCUT2D eigenvalue weighted by molar-refractivity contribution is -0.123. The highest BCUT2D eigenvalue weighted by atomic mass is 16.5. The summed E-state index contributed by atoms with van der Waals surface area (Å²) in [4.78, 5) is 25.6. The van der Waals surface area contributed by atoms with Gasteiger partial charge < -0.3 is 20.1 Å². The van der Waals surface area contributed by atoms with E-state index in [-0.39, 0.29) is 12.5 Å². The summed E-state index contributed by atoms with van der Waals surface area (Å²) < 4.78 is 11.2. The number of alkyl carbamates (subject to hydrolysis) is 1. The highest BCUT2D eigenvalue weighted by Gasteiger charge is 2.22. The van der Waals surface area contributed by atoms with Crippen molar-refractivity contribution in [1.82, 2.24) is 10.6 Å². The average molecular weight is 509 g/mol. The molecular formula is C32H32N2O4. The minimum Gasteiger partial charge on any atom is -0.489 e. The molecule has 0 aromatic heterocycles. The lowest BCUT2D eigenvalue weighted by atomic mass is 10.0. The molecule has 6 nitrogen and oxygen atoms in total. The third-order valence-corrected chi connectivity index (χ3v) is 5.99. The maximum Gasteiger partial charge on any atom is 0.408 e. The van der Waals surface area contributed by atoms with Crippen LogP contribution in [0.4, 0.5) is 4.79 Å². The van der Waals surface area contributed by atoms with Gasteiger partial charge in [-0.1, -0.05) is 103 Å². The highest BCUT2D eigenvalue weighted by molar-refractivity contribution is 5.85. The predicted molar refractivity (Wildman–Crippen MR) is 148 cm³/mol. The molecule has 0 fully saturated rings. The second-order valence-electron chi connectivity index (χ2n) is 8.91. The molecule has 194 valence electrons. The lowest BCUT2D eigenvalue weighted by Gasteiger charge is -2.19. The van der Waals surface area contributed by atoms with Crippen LogP contribution in [0.2, 0.25) is 0 Å². The molecule has 2 N–H and O–H groups in total. The Morgan fingerprint density at radius 1 is 0.632 bits per heavy atom. The van der Waals surface area contributed by atoms with Gasteiger partial charge in [-0.25, -0.2) is 4.79 Å². The van der Waals surface area contributed by atoms with Gasteiger partial charge in [-0.05, 0) is 40.8 Å². The van der Waals surface area contributed by atoms with Crippen LogP contribution in [0.3, 0.4) is 0 Å². The van der Waals surface area contributed by atoms with Crippen LogP contribution in [0.25, 0.3) is 0 Å². The quantitative estimate of drug-likeness (QED) is 0.266. The first kappa shape index (κ1) is 26.5. The Morgan fingerprint density at radius 3 is 1.79 bits per heavy atom. The fraction of sp³-hybridized carbons (Fsp3) is 0.188. The molecule has 0 bridgehead atoms. The molecule has 0 aliphatic rings. The Bertz CT molecular complexity index is 1260. The van der Waals surface area contributed by atoms with Crippen molar-refractivity contribution in [2.45, 2.75) is 32.1 Å². The Balaban J connectivity index is 1.34. The first-order valence-electron chi connectivity index (χ1n) is 12.7. The zero-order valence-electron chi connectivity index (χ0n) is 21.2. The second-order valence-corrected chi connectivity index (χ2v) is 8.91. The van der Waals surface area contributed by atoms with Gasteiger partial charge in [0.05, 0.1) is 0 Å². The van der Waals surface area contributed by atoms with Crippen LogP contribution in [-0.4, -0.2) is 24.6 Å². The lowest BCUT2D eigenvalue weighted by Crippen LogP contribution is -2.48. The van der Waals surface area contributed by atoms with Crippen LogP contribution in [-0.2, 0) is 35.6 Å². The van der Waals surface area contributed by atoms with Crippen LogP contribution in [0.5, 0.6) is 5.75 Å². The minimum absolute atomic E-state index is 0.127. The number of carbonyl (C=O) groups excluding carboxylic acids is 2. The fourth-order valence-electron chi connectivity index (χ4n) is 3.91. The van der Waals surface area contributed by atoms with Crippen molar-refractivity contribution in [3.63, 3.8) is 0 Å². The van der Waals surface area contributed by atoms with Crippen molar-refractivity contribution in [1.29, 1.82) is 0 Å². The number of nitrogens with one attached hydrogen (secondary N) is 2. The topological polar surface area (TPSA) is 76.7 Å². The van der Waals surface area contributed by atoms with E-state index in [9.17, 15) is 9.59 Å². The van der Waals surface area contributed by atoms with E-state index in [0.717, 1.165) is 28.0 Å². The summed E-state index contributed by atoms with van der Waals surface area (Å²) in [6.07, 6.45) is 0.377. The second kappa shape index (κ2) is 14.2. The average Bonchev–Trinajstić information content (AvgIpc) is 2.97. The van der Waals surface area contributed by atoms with Crippen molar-refractivity contribution in [3.8, 4) is 5.75 Å². The van der Waals surface area contributed by atoms with E-state index in [1.54, 1.807) is 0 Å². The number of hydrogen-bond donors (Lipinski definition) is 2. The van der Waals surface area contributed by atoms with Crippen LogP contribution >= 0.6 is 0 Å². The molecule has 0 saturated carbocycles. The monoisotopic (exact) mass is 508 g/mol. The predicted octanol–water partition coefficient (Wildman–Crippen LogP) is 5.46. The molecule has 0 saturated heterocycles. The van der Waals surface area contributed by atoms with Crippen molar-refractivity contribution in [2.24, 2.45) is 0 Å². The number of rotatable bonds is 12. The van der Waals surface area contributed by atoms with E-state index in [1.165, 1.54) is 0 Å². The molecule has 0 aliphatic heterocycles. The SMILES string of the molecule is O=C(N[C@@H](Cc1ccc(OCc2ccccc2)cc1)C(=O)NCCc1ccccc1)OCc1ccccc1. The Kier molecular flexibility index (Phi) is 9.92. The summed E-state index contributed by atoms with van der Waals surface area (Å²) in [7, 11) is 0. The Hall–Kier alpha value is -4.58. The summed E-state index contributed by atoms with van der Waals surface area (Å²) in [5, 5.41) is 5.69. The summed E-state index contributed by atoms with van der Waals surface area (Å²) in [6, 6.07) is 36.1. The maximum atomic E-state index is 13.1. The van der Waals surface area contributed by atoms with Gasteiger partial charge in [0.25, 0.3) is 0 Å². The first-order chi connectivity index (χ1) is 18.7. The third kappa shape index (κ3) is 8.82. The van der Waals surface area contributed by atoms with E-state index in [4.69, 9.17) is 9.47 Å². The molecule has 38 heavy (non-hydrogen) atoms. The standard InChI is InChI=1S/C32H32N2O4/c35-31(33-21-20-25-10-4-1-5-11-25)30(34-32(36)38-24-28-14-8-3-9-15-28)22-26-16-18-29(19-17-26)37-23-27-12-6-2-7-13-27/h1-19,30H,20-24H2,(H,33,35)(H,34,36)/t30-/m0/s1. The van der Waals surface area contributed by atoms with Gasteiger partial charge >= 0.3 is 6.09 Å². The zero-order chi connectivity index (χ0) is 26.4. The van der Waals surface area contributed by atoms with E-state index >= 15 is 0 Å². The Labute approximate surface area is 223 Å². The van der Waals surface area contributed by atoms with Crippen molar-refractivity contribution < 1.29 is 19.1 Å². The van der Waals surface area contributed by atoms with Gasteiger partial charge in [0.15, 0.2) is 0 Å². The van der Waals surface area contributed by atoms with Crippen LogP contribution in [0, 0.1) is 0 Å². The number of carbonyl (C=O) groups is 2. The minimum atomic E-state index is -0.787. The number of benzene rings is 4. The van der Waals surface area contributed by atoms with Crippen LogP contribution < -0.4 is 15.4 Å². The third-order valence-electron chi connectivity index (χ3n) is 5.99. The molecule has 0 radical (unpaired) electrons. The fourth-order valence-corrected chi connectivity index (χ4v) is 3.91. The largest absolute Gasteiger partial charge is 0.489 e. The van der Waals surface area contributed by atoms with Crippen LogP contribution in [0.15, 0.2) is 115 Å². The molecule has 0 spiro atoms. The summed E-state index contributed by atoms with van der Waals surface area (Å²) >= 11 is 0. The van der Waals surface area contributed by atoms with Gasteiger partial charge in [-0.15, -0.1) is 0 Å². The zero-order valence-corrected chi connectivity index (χ0v) is 21.2. The Morgan fingerprint density at radius 2 is 1.18 bits per heavy atom. The molecular weight excluding hydrogens is 476 g/mol. The van der Waals surface area contributed by atoms with Gasteiger partial charge in [0.1, 0.15) is 25.0 Å². The smallest absolute Gasteiger partial charge is 0.408 e. The highest BCUT2D eigenvalue weighted by Crippen LogP contribution is 2.16. The molecule has 4 rings (SSSR count). The van der Waals surface area contributed by atoms with Gasteiger partial charge in [-0.2, -0.15) is 0 Å². The summed E-state index contributed by atoms with van der Waals surface area (Å²) in [5.74, 6) is 0.471. The van der Waals surface area contributed by atoms with Crippen molar-refractivity contribution >= 4 is 12.0 Å². The van der Waals surface area contributed by atoms with E-state index in [0.29, 0.717) is 26.0 Å². The molecule has 0 unspecified atom stereocenters.